The van der Waals surface area contributed by atoms with E-state index >= 15 is 0 Å². The molecule has 8 heteroatoms. The van der Waals surface area contributed by atoms with E-state index in [1.54, 1.807) is 31.4 Å². The van der Waals surface area contributed by atoms with Gasteiger partial charge in [0.15, 0.2) is 11.0 Å². The van der Waals surface area contributed by atoms with Crippen LogP contribution in [0.15, 0.2) is 53.7 Å². The molecule has 1 heterocycles. The van der Waals surface area contributed by atoms with Gasteiger partial charge in [-0.05, 0) is 43.3 Å². The molecule has 0 saturated carbocycles. The average molecular weight is 393 g/mol. The first-order chi connectivity index (χ1) is 13.7. The minimum absolute atomic E-state index is 0.154. The largest absolute Gasteiger partial charge is 0.496 e. The lowest BCUT2D eigenvalue weighted by Crippen LogP contribution is -2.14. The molecule has 2 aromatic carbocycles. The monoisotopic (exact) mass is 393 g/mol. The molecule has 28 heavy (non-hydrogen) atoms. The predicted octanol–water partition coefficient (Wildman–Crippen LogP) is 3.58. The van der Waals surface area contributed by atoms with Gasteiger partial charge in [-0.1, -0.05) is 23.9 Å². The van der Waals surface area contributed by atoms with Crippen LogP contribution in [0.25, 0.3) is 11.4 Å². The molecule has 0 saturated heterocycles. The van der Waals surface area contributed by atoms with Gasteiger partial charge in [-0.25, -0.2) is 0 Å². The van der Waals surface area contributed by atoms with Crippen molar-refractivity contribution in [2.24, 2.45) is 0 Å². The molecule has 0 aliphatic rings. The Hall–Kier alpha value is -3.31. The Kier molecular flexibility index (Phi) is 6.29. The molecule has 1 aromatic heterocycles. The van der Waals surface area contributed by atoms with Crippen LogP contribution in [-0.2, 0) is 11.3 Å². The van der Waals surface area contributed by atoms with Gasteiger partial charge >= 0.3 is 0 Å². The van der Waals surface area contributed by atoms with Crippen LogP contribution in [0.3, 0.4) is 0 Å². The highest BCUT2D eigenvalue weighted by Gasteiger charge is 2.17. The molecule has 0 fully saturated rings. The number of nitriles is 1. The number of benzene rings is 2. The van der Waals surface area contributed by atoms with Gasteiger partial charge < -0.3 is 14.6 Å². The van der Waals surface area contributed by atoms with Crippen molar-refractivity contribution < 1.29 is 9.53 Å². The zero-order valence-corrected chi connectivity index (χ0v) is 16.4. The fourth-order valence-electron chi connectivity index (χ4n) is 2.66. The molecular formula is C20H19N5O2S. The van der Waals surface area contributed by atoms with Crippen molar-refractivity contribution in [3.63, 3.8) is 0 Å². The topological polar surface area (TPSA) is 92.8 Å². The molecule has 0 unspecified atom stereocenters. The van der Waals surface area contributed by atoms with Gasteiger partial charge in [0.25, 0.3) is 0 Å². The van der Waals surface area contributed by atoms with E-state index in [-0.39, 0.29) is 11.7 Å². The number of aromatic nitrogens is 3. The van der Waals surface area contributed by atoms with Crippen molar-refractivity contribution in [3.8, 4) is 23.2 Å². The molecule has 7 nitrogen and oxygen atoms in total. The van der Waals surface area contributed by atoms with E-state index in [9.17, 15) is 4.79 Å². The maximum Gasteiger partial charge on any atom is 0.234 e. The molecule has 0 radical (unpaired) electrons. The summed E-state index contributed by atoms with van der Waals surface area (Å²) in [4.78, 5) is 12.2. The van der Waals surface area contributed by atoms with Gasteiger partial charge in [-0.3, -0.25) is 4.79 Å². The van der Waals surface area contributed by atoms with Crippen LogP contribution < -0.4 is 10.1 Å². The third kappa shape index (κ3) is 4.32. The number of hydrogen-bond acceptors (Lipinski definition) is 6. The van der Waals surface area contributed by atoms with Gasteiger partial charge in [0.05, 0.1) is 30.1 Å². The van der Waals surface area contributed by atoms with Crippen molar-refractivity contribution >= 4 is 23.4 Å². The van der Waals surface area contributed by atoms with Crippen molar-refractivity contribution in [3.05, 3.63) is 54.1 Å². The summed E-state index contributed by atoms with van der Waals surface area (Å²) in [6.45, 7) is 2.67. The molecule has 0 aliphatic heterocycles. The van der Waals surface area contributed by atoms with Crippen molar-refractivity contribution in [1.29, 1.82) is 5.26 Å². The van der Waals surface area contributed by atoms with E-state index in [0.717, 1.165) is 11.3 Å². The number of rotatable bonds is 7. The van der Waals surface area contributed by atoms with Gasteiger partial charge in [-0.15, -0.1) is 10.2 Å². The molecule has 0 bridgehead atoms. The number of hydrogen-bond donors (Lipinski definition) is 1. The molecule has 1 N–H and O–H groups in total. The second-order valence-electron chi connectivity index (χ2n) is 5.78. The summed E-state index contributed by atoms with van der Waals surface area (Å²) < 4.78 is 7.37. The van der Waals surface area contributed by atoms with E-state index in [2.05, 4.69) is 15.5 Å². The fraction of sp³-hybridized carbons (Fsp3) is 0.200. The van der Waals surface area contributed by atoms with Crippen LogP contribution in [-0.4, -0.2) is 33.5 Å². The Morgan fingerprint density at radius 2 is 1.96 bits per heavy atom. The summed E-state index contributed by atoms with van der Waals surface area (Å²) in [5.74, 6) is 1.47. The van der Waals surface area contributed by atoms with Crippen molar-refractivity contribution in [2.45, 2.75) is 18.6 Å². The lowest BCUT2D eigenvalue weighted by Gasteiger charge is -2.10. The summed E-state index contributed by atoms with van der Waals surface area (Å²) in [7, 11) is 1.62. The third-order valence-corrected chi connectivity index (χ3v) is 4.98. The molecular weight excluding hydrogens is 374 g/mol. The maximum absolute atomic E-state index is 12.2. The molecule has 3 aromatic rings. The lowest BCUT2D eigenvalue weighted by molar-refractivity contribution is -0.113. The van der Waals surface area contributed by atoms with Crippen LogP contribution in [0.4, 0.5) is 5.69 Å². The fourth-order valence-corrected chi connectivity index (χ4v) is 3.47. The normalized spacial score (nSPS) is 10.3. The number of amides is 1. The first-order valence-corrected chi connectivity index (χ1v) is 9.64. The standard InChI is InChI=1S/C20H19N5O2S/c1-3-25-19(16-6-4-5-7-17(16)27-2)23-24-20(25)28-13-18(26)22-15-10-8-14(12-21)9-11-15/h4-11H,3,13H2,1-2H3,(H,22,26). The molecule has 3 rings (SSSR count). The van der Waals surface area contributed by atoms with Crippen LogP contribution in [0, 0.1) is 11.3 Å². The highest BCUT2D eigenvalue weighted by molar-refractivity contribution is 7.99. The summed E-state index contributed by atoms with van der Waals surface area (Å²) in [6, 6.07) is 16.4. The Morgan fingerprint density at radius 3 is 2.64 bits per heavy atom. The Balaban J connectivity index is 1.70. The second-order valence-corrected chi connectivity index (χ2v) is 6.72. The molecule has 1 amide bonds. The summed E-state index contributed by atoms with van der Waals surface area (Å²) in [5, 5.41) is 20.8. The number of anilines is 1. The molecule has 0 atom stereocenters. The summed E-state index contributed by atoms with van der Waals surface area (Å²) in [5.41, 5.74) is 2.05. The van der Waals surface area contributed by atoms with E-state index in [1.165, 1.54) is 11.8 Å². The van der Waals surface area contributed by atoms with E-state index in [1.807, 2.05) is 41.8 Å². The molecule has 0 aliphatic carbocycles. The van der Waals surface area contributed by atoms with Crippen molar-refractivity contribution in [1.82, 2.24) is 14.8 Å². The first kappa shape index (κ1) is 19.5. The zero-order valence-electron chi connectivity index (χ0n) is 15.5. The van der Waals surface area contributed by atoms with E-state index < -0.39 is 0 Å². The van der Waals surface area contributed by atoms with Crippen LogP contribution in [0.1, 0.15) is 12.5 Å². The third-order valence-electron chi connectivity index (χ3n) is 4.01. The first-order valence-electron chi connectivity index (χ1n) is 8.65. The quantitative estimate of drug-likeness (QED) is 0.617. The average Bonchev–Trinajstić information content (AvgIpc) is 3.15. The smallest absolute Gasteiger partial charge is 0.234 e. The van der Waals surface area contributed by atoms with Crippen LogP contribution >= 0.6 is 11.8 Å². The zero-order chi connectivity index (χ0) is 19.9. The molecule has 0 spiro atoms. The highest BCUT2D eigenvalue weighted by atomic mass is 32.2. The van der Waals surface area contributed by atoms with Gasteiger partial charge in [0.1, 0.15) is 5.75 Å². The van der Waals surface area contributed by atoms with E-state index in [4.69, 9.17) is 10.00 Å². The Bertz CT molecular complexity index is 1010. The number of nitrogens with one attached hydrogen (secondary N) is 1. The SMILES string of the molecule is CCn1c(SCC(=O)Nc2ccc(C#N)cc2)nnc1-c1ccccc1OC. The Morgan fingerprint density at radius 1 is 1.21 bits per heavy atom. The lowest BCUT2D eigenvalue weighted by atomic mass is 10.2. The van der Waals surface area contributed by atoms with Crippen LogP contribution in [0.2, 0.25) is 0 Å². The van der Waals surface area contributed by atoms with Gasteiger partial charge in [0, 0.05) is 12.2 Å². The number of carbonyl (C=O) groups excluding carboxylic acids is 1. The maximum atomic E-state index is 12.2. The number of carbonyl (C=O) groups is 1. The molecule has 142 valence electrons. The minimum atomic E-state index is -0.154. The number of methoxy groups -OCH3 is 1. The van der Waals surface area contributed by atoms with Crippen molar-refractivity contribution in [2.75, 3.05) is 18.2 Å². The predicted molar refractivity (Wildman–Crippen MR) is 108 cm³/mol. The van der Waals surface area contributed by atoms with E-state index in [0.29, 0.717) is 28.8 Å². The Labute approximate surface area is 167 Å². The summed E-state index contributed by atoms with van der Waals surface area (Å²) in [6.07, 6.45) is 0. The van der Waals surface area contributed by atoms with Gasteiger partial charge in [0.2, 0.25) is 5.91 Å². The number of ether oxygens (including phenoxy) is 1. The summed E-state index contributed by atoms with van der Waals surface area (Å²) >= 11 is 1.32. The highest BCUT2D eigenvalue weighted by Crippen LogP contribution is 2.30. The number of para-hydroxylation sites is 1. The minimum Gasteiger partial charge on any atom is -0.496 e. The number of thioether (sulfide) groups is 1. The second kappa shape index (κ2) is 9.06. The van der Waals surface area contributed by atoms with Crippen LogP contribution in [0.5, 0.6) is 5.75 Å². The van der Waals surface area contributed by atoms with Gasteiger partial charge in [-0.2, -0.15) is 5.26 Å². The number of nitrogens with zero attached hydrogens (tertiary/aromatic N) is 4.